The summed E-state index contributed by atoms with van der Waals surface area (Å²) in [6.07, 6.45) is 1.73. The van der Waals surface area contributed by atoms with Gasteiger partial charge < -0.3 is 24.5 Å². The second-order valence-corrected chi connectivity index (χ2v) is 6.25. The Morgan fingerprint density at radius 3 is 2.38 bits per heavy atom. The molecule has 0 saturated heterocycles. The molecule has 1 aromatic heterocycles. The molecular weight excluding hydrogens is 372 g/mol. The lowest BCUT2D eigenvalue weighted by molar-refractivity contribution is -0.118. The van der Waals surface area contributed by atoms with Crippen molar-refractivity contribution in [2.45, 2.75) is 12.5 Å². The first-order valence-electron chi connectivity index (χ1n) is 9.02. The molecule has 0 aliphatic rings. The second-order valence-electron chi connectivity index (χ2n) is 6.25. The van der Waals surface area contributed by atoms with Gasteiger partial charge in [0.1, 0.15) is 6.04 Å². The van der Waals surface area contributed by atoms with Gasteiger partial charge in [0.2, 0.25) is 5.91 Å². The standard InChI is InChI=1S/C22H22N2O5/c1-27-18-11-10-16(14-20(18)28-2)23-21(25)17(13-15-7-4-3-5-8-15)24-22(26)19-9-6-12-29-19/h3-12,14,17H,13H2,1-2H3,(H,23,25)(H,24,26)/t17-/m0/s1. The summed E-state index contributed by atoms with van der Waals surface area (Å²) >= 11 is 0. The van der Waals surface area contributed by atoms with Gasteiger partial charge in [0.05, 0.1) is 20.5 Å². The number of hydrogen-bond acceptors (Lipinski definition) is 5. The lowest BCUT2D eigenvalue weighted by Crippen LogP contribution is -2.45. The SMILES string of the molecule is COc1ccc(NC(=O)[C@H](Cc2ccccc2)NC(=O)c2ccco2)cc1OC. The van der Waals surface area contributed by atoms with Gasteiger partial charge in [-0.15, -0.1) is 0 Å². The van der Waals surface area contributed by atoms with Crippen LogP contribution in [0.1, 0.15) is 16.1 Å². The van der Waals surface area contributed by atoms with Crippen LogP contribution in [-0.4, -0.2) is 32.1 Å². The highest BCUT2D eigenvalue weighted by Gasteiger charge is 2.23. The van der Waals surface area contributed by atoms with Crippen molar-refractivity contribution >= 4 is 17.5 Å². The van der Waals surface area contributed by atoms with Crippen LogP contribution in [0, 0.1) is 0 Å². The zero-order chi connectivity index (χ0) is 20.6. The van der Waals surface area contributed by atoms with Crippen molar-refractivity contribution in [3.63, 3.8) is 0 Å². The second kappa shape index (κ2) is 9.45. The molecule has 7 nitrogen and oxygen atoms in total. The van der Waals surface area contributed by atoms with Crippen molar-refractivity contribution in [3.8, 4) is 11.5 Å². The molecule has 0 bridgehead atoms. The number of rotatable bonds is 8. The molecule has 1 atom stereocenters. The van der Waals surface area contributed by atoms with Crippen LogP contribution in [0.4, 0.5) is 5.69 Å². The molecule has 0 fully saturated rings. The number of methoxy groups -OCH3 is 2. The van der Waals surface area contributed by atoms with Gasteiger partial charge in [-0.1, -0.05) is 30.3 Å². The van der Waals surface area contributed by atoms with Crippen LogP contribution in [0.25, 0.3) is 0 Å². The van der Waals surface area contributed by atoms with Gasteiger partial charge in [0.15, 0.2) is 17.3 Å². The third-order valence-electron chi connectivity index (χ3n) is 4.30. The number of ether oxygens (including phenoxy) is 2. The largest absolute Gasteiger partial charge is 0.493 e. The molecule has 0 spiro atoms. The normalized spacial score (nSPS) is 11.4. The molecule has 150 valence electrons. The molecule has 7 heteroatoms. The number of carbonyl (C=O) groups excluding carboxylic acids is 2. The summed E-state index contributed by atoms with van der Waals surface area (Å²) in [6.45, 7) is 0. The van der Waals surface area contributed by atoms with Crippen molar-refractivity contribution in [1.29, 1.82) is 0 Å². The summed E-state index contributed by atoms with van der Waals surface area (Å²) < 4.78 is 15.6. The van der Waals surface area contributed by atoms with E-state index in [0.717, 1.165) is 5.56 Å². The molecule has 0 aliphatic carbocycles. The van der Waals surface area contributed by atoms with E-state index in [1.165, 1.54) is 20.5 Å². The quantitative estimate of drug-likeness (QED) is 0.612. The van der Waals surface area contributed by atoms with E-state index in [1.807, 2.05) is 30.3 Å². The first-order valence-corrected chi connectivity index (χ1v) is 9.02. The van der Waals surface area contributed by atoms with Crippen LogP contribution in [0.5, 0.6) is 11.5 Å². The first-order chi connectivity index (χ1) is 14.1. The third-order valence-corrected chi connectivity index (χ3v) is 4.30. The molecule has 1 heterocycles. The summed E-state index contributed by atoms with van der Waals surface area (Å²) in [7, 11) is 3.06. The highest BCUT2D eigenvalue weighted by atomic mass is 16.5. The topological polar surface area (TPSA) is 89.8 Å². The molecule has 2 N–H and O–H groups in total. The Kier molecular flexibility index (Phi) is 6.52. The zero-order valence-electron chi connectivity index (χ0n) is 16.2. The van der Waals surface area contributed by atoms with E-state index < -0.39 is 11.9 Å². The van der Waals surface area contributed by atoms with Gasteiger partial charge >= 0.3 is 0 Å². The Hall–Kier alpha value is -3.74. The van der Waals surface area contributed by atoms with Crippen LogP contribution in [-0.2, 0) is 11.2 Å². The lowest BCUT2D eigenvalue weighted by Gasteiger charge is -2.19. The van der Waals surface area contributed by atoms with Crippen molar-refractivity contribution in [3.05, 3.63) is 78.3 Å². The monoisotopic (exact) mass is 394 g/mol. The smallest absolute Gasteiger partial charge is 0.287 e. The van der Waals surface area contributed by atoms with Gasteiger partial charge in [-0.25, -0.2) is 0 Å². The fraction of sp³-hybridized carbons (Fsp3) is 0.182. The Labute approximate surface area is 168 Å². The molecule has 3 aromatic rings. The maximum absolute atomic E-state index is 12.9. The van der Waals surface area contributed by atoms with Crippen LogP contribution in [0.15, 0.2) is 71.3 Å². The summed E-state index contributed by atoms with van der Waals surface area (Å²) in [5.41, 5.74) is 1.44. The van der Waals surface area contributed by atoms with Gasteiger partial charge in [0.25, 0.3) is 5.91 Å². The minimum Gasteiger partial charge on any atom is -0.493 e. The fourth-order valence-electron chi connectivity index (χ4n) is 2.84. The van der Waals surface area contributed by atoms with Crippen LogP contribution < -0.4 is 20.1 Å². The Morgan fingerprint density at radius 2 is 1.72 bits per heavy atom. The highest BCUT2D eigenvalue weighted by molar-refractivity contribution is 6.00. The summed E-state index contributed by atoms with van der Waals surface area (Å²) in [4.78, 5) is 25.4. The number of nitrogens with one attached hydrogen (secondary N) is 2. The molecule has 2 aromatic carbocycles. The minimum absolute atomic E-state index is 0.141. The zero-order valence-corrected chi connectivity index (χ0v) is 16.2. The van der Waals surface area contributed by atoms with E-state index in [2.05, 4.69) is 10.6 Å². The van der Waals surface area contributed by atoms with E-state index in [4.69, 9.17) is 13.9 Å². The van der Waals surface area contributed by atoms with Gasteiger partial charge in [0, 0.05) is 18.2 Å². The van der Waals surface area contributed by atoms with Gasteiger partial charge in [-0.05, 0) is 29.8 Å². The molecule has 0 saturated carbocycles. The summed E-state index contributed by atoms with van der Waals surface area (Å²) in [6, 6.07) is 16.9. The molecule has 0 radical (unpaired) electrons. The molecule has 2 amide bonds. The van der Waals surface area contributed by atoms with E-state index in [-0.39, 0.29) is 11.7 Å². The number of carbonyl (C=O) groups is 2. The number of anilines is 1. The average Bonchev–Trinajstić information content (AvgIpc) is 3.29. The molecule has 3 rings (SSSR count). The van der Waals surface area contributed by atoms with E-state index in [0.29, 0.717) is 23.6 Å². The van der Waals surface area contributed by atoms with Gasteiger partial charge in [-0.3, -0.25) is 9.59 Å². The van der Waals surface area contributed by atoms with Crippen LogP contribution in [0.2, 0.25) is 0 Å². The predicted octanol–water partition coefficient (Wildman–Crippen LogP) is 3.28. The molecular formula is C22H22N2O5. The summed E-state index contributed by atoms with van der Waals surface area (Å²) in [5, 5.41) is 5.56. The van der Waals surface area contributed by atoms with Crippen LogP contribution in [0.3, 0.4) is 0 Å². The maximum atomic E-state index is 12.9. The molecule has 29 heavy (non-hydrogen) atoms. The lowest BCUT2D eigenvalue weighted by atomic mass is 10.0. The summed E-state index contributed by atoms with van der Waals surface area (Å²) in [5.74, 6) is 0.364. The number of amides is 2. The van der Waals surface area contributed by atoms with E-state index in [9.17, 15) is 9.59 Å². The number of hydrogen-bond donors (Lipinski definition) is 2. The van der Waals surface area contributed by atoms with Crippen molar-refractivity contribution < 1.29 is 23.5 Å². The predicted molar refractivity (Wildman–Crippen MR) is 108 cm³/mol. The molecule has 0 aliphatic heterocycles. The Morgan fingerprint density at radius 1 is 0.966 bits per heavy atom. The fourth-order valence-corrected chi connectivity index (χ4v) is 2.84. The van der Waals surface area contributed by atoms with Crippen LogP contribution >= 0.6 is 0 Å². The number of benzene rings is 2. The Bertz CT molecular complexity index is 955. The van der Waals surface area contributed by atoms with Crippen molar-refractivity contribution in [2.75, 3.05) is 19.5 Å². The van der Waals surface area contributed by atoms with E-state index >= 15 is 0 Å². The highest BCUT2D eigenvalue weighted by Crippen LogP contribution is 2.29. The van der Waals surface area contributed by atoms with Crippen molar-refractivity contribution in [2.24, 2.45) is 0 Å². The average molecular weight is 394 g/mol. The Balaban J connectivity index is 1.78. The third kappa shape index (κ3) is 5.16. The van der Waals surface area contributed by atoms with Gasteiger partial charge in [-0.2, -0.15) is 0 Å². The molecule has 0 unspecified atom stereocenters. The first kappa shape index (κ1) is 20.0. The minimum atomic E-state index is -0.803. The van der Waals surface area contributed by atoms with E-state index in [1.54, 1.807) is 30.3 Å². The maximum Gasteiger partial charge on any atom is 0.287 e. The number of furan rings is 1. The van der Waals surface area contributed by atoms with Crippen molar-refractivity contribution in [1.82, 2.24) is 5.32 Å².